The highest BCUT2D eigenvalue weighted by Crippen LogP contribution is 2.41. The van der Waals surface area contributed by atoms with Gasteiger partial charge in [-0.25, -0.2) is 0 Å². The number of fused-ring (bicyclic) bond motifs is 2. The summed E-state index contributed by atoms with van der Waals surface area (Å²) in [6.45, 7) is 35.6. The van der Waals surface area contributed by atoms with Gasteiger partial charge in [0.1, 0.15) is 0 Å². The van der Waals surface area contributed by atoms with Crippen LogP contribution in [0.5, 0.6) is 11.5 Å². The van der Waals surface area contributed by atoms with Gasteiger partial charge >= 0.3 is 15.9 Å². The van der Waals surface area contributed by atoms with Gasteiger partial charge in [0.15, 0.2) is 0 Å². The summed E-state index contributed by atoms with van der Waals surface area (Å²) in [6, 6.07) is 9.10. The zero-order chi connectivity index (χ0) is 31.4. The fourth-order valence-electron chi connectivity index (χ4n) is 4.64. The Labute approximate surface area is 257 Å². The average Bonchev–Trinajstić information content (AvgIpc) is 2.79. The number of hydrogen-bond donors (Lipinski definition) is 0. The third-order valence-electron chi connectivity index (χ3n) is 8.47. The molecule has 2 aromatic rings. The molecule has 223 valence electrons. The molecule has 0 spiro atoms. The van der Waals surface area contributed by atoms with Gasteiger partial charge in [0.2, 0.25) is 0 Å². The minimum atomic E-state index is -0.848. The zero-order valence-corrected chi connectivity index (χ0v) is 29.9. The molecule has 4 nitrogen and oxygen atoms in total. The van der Waals surface area contributed by atoms with E-state index in [1.54, 1.807) is 0 Å². The Morgan fingerprint density at radius 2 is 0.829 bits per heavy atom. The van der Waals surface area contributed by atoms with Gasteiger partial charge in [-0.2, -0.15) is 0 Å². The lowest BCUT2D eigenvalue weighted by Crippen LogP contribution is -2.42. The first-order valence-electron chi connectivity index (χ1n) is 15.0. The molecule has 41 heavy (non-hydrogen) atoms. The van der Waals surface area contributed by atoms with Crippen molar-refractivity contribution in [3.05, 3.63) is 57.6 Å². The molecule has 0 N–H and O–H groups in total. The predicted molar refractivity (Wildman–Crippen MR) is 178 cm³/mol. The monoisotopic (exact) mass is 573 g/mol. The third kappa shape index (κ3) is 7.47. The summed E-state index contributed by atoms with van der Waals surface area (Å²) >= 11 is -0.848. The van der Waals surface area contributed by atoms with E-state index in [4.69, 9.17) is 17.6 Å². The normalized spacial score (nSPS) is 17.6. The quantitative estimate of drug-likeness (QED) is 0.295. The second kappa shape index (κ2) is 10.9. The molecule has 1 aliphatic rings. The van der Waals surface area contributed by atoms with Crippen molar-refractivity contribution in [2.24, 2.45) is 9.98 Å². The van der Waals surface area contributed by atoms with E-state index < -0.39 is 27.0 Å². The van der Waals surface area contributed by atoms with Crippen LogP contribution in [0.4, 0.5) is 0 Å². The SMILES string of the molecule is CC(C)(C)c1cc2c(c(C(C)(C)C)c1)[O][Al][O]c1c(cc(C(C)(C)C)cc1C(C)(C)C)C=NC(C)(C)C(C)(C)N=C2. The maximum absolute atomic E-state index is 6.69. The maximum Gasteiger partial charge on any atom is 0.881 e. The fraction of sp³-hybridized carbons (Fsp3) is 0.611. The van der Waals surface area contributed by atoms with Crippen molar-refractivity contribution in [1.29, 1.82) is 0 Å². The molecule has 1 aliphatic heterocycles. The summed E-state index contributed by atoms with van der Waals surface area (Å²) < 4.78 is 13.4. The maximum atomic E-state index is 6.69. The molecule has 0 aromatic heterocycles. The van der Waals surface area contributed by atoms with Gasteiger partial charge in [-0.1, -0.05) is 95.2 Å². The molecule has 3 rings (SSSR count). The van der Waals surface area contributed by atoms with E-state index in [0.29, 0.717) is 0 Å². The molecule has 0 atom stereocenters. The van der Waals surface area contributed by atoms with E-state index in [0.717, 1.165) is 22.6 Å². The smallest absolute Gasteiger partial charge is 0.615 e. The van der Waals surface area contributed by atoms with Crippen molar-refractivity contribution >= 4 is 28.3 Å². The number of rotatable bonds is 0. The topological polar surface area (TPSA) is 43.2 Å². The Morgan fingerprint density at radius 3 is 1.10 bits per heavy atom. The van der Waals surface area contributed by atoms with Crippen LogP contribution in [-0.2, 0) is 21.7 Å². The number of benzene rings is 2. The Morgan fingerprint density at radius 1 is 0.512 bits per heavy atom. The molecular weight excluding hydrogens is 519 g/mol. The lowest BCUT2D eigenvalue weighted by Gasteiger charge is -2.35. The second-order valence-corrected chi connectivity index (χ2v) is 17.5. The van der Waals surface area contributed by atoms with Gasteiger partial charge in [0.25, 0.3) is 0 Å². The molecule has 1 radical (unpaired) electrons. The molecule has 0 fully saturated rings. The van der Waals surface area contributed by atoms with Gasteiger partial charge < -0.3 is 7.58 Å². The summed E-state index contributed by atoms with van der Waals surface area (Å²) in [5.41, 5.74) is 5.62. The number of hydrogen-bond acceptors (Lipinski definition) is 4. The summed E-state index contributed by atoms with van der Waals surface area (Å²) in [5.74, 6) is 1.73. The van der Waals surface area contributed by atoms with E-state index in [2.05, 4.69) is 135 Å². The van der Waals surface area contributed by atoms with Crippen molar-refractivity contribution < 1.29 is 7.58 Å². The minimum Gasteiger partial charge on any atom is -0.615 e. The first-order valence-corrected chi connectivity index (χ1v) is 15.9. The molecule has 5 heteroatoms. The highest BCUT2D eigenvalue weighted by Gasteiger charge is 2.37. The minimum absolute atomic E-state index is 0.0161. The Kier molecular flexibility index (Phi) is 8.87. The summed E-state index contributed by atoms with van der Waals surface area (Å²) in [7, 11) is 0. The van der Waals surface area contributed by atoms with Gasteiger partial charge in [-0.3, -0.25) is 9.98 Å². The van der Waals surface area contributed by atoms with E-state index in [1.165, 1.54) is 22.3 Å². The van der Waals surface area contributed by atoms with Crippen LogP contribution in [0.25, 0.3) is 0 Å². The van der Waals surface area contributed by atoms with Crippen LogP contribution in [-0.4, -0.2) is 39.4 Å². The molecule has 0 bridgehead atoms. The summed E-state index contributed by atoms with van der Waals surface area (Å²) in [4.78, 5) is 10.4. The lowest BCUT2D eigenvalue weighted by molar-refractivity contribution is 0.317. The van der Waals surface area contributed by atoms with Crippen molar-refractivity contribution in [1.82, 2.24) is 0 Å². The standard InChI is InChI=1S/C36H56N2O2.Al/c1-31(2,3)25-17-23(29(39)27(19-25)33(7,8)9)21-37-35(13,14)36(15,16)38-22-24-18-26(32(4,5)6)20-28(30(24)40)34(10,11)12;/h17-22,39-40H,1-16H3;/q;+2/p-2. The first-order chi connectivity index (χ1) is 18.3. The third-order valence-corrected chi connectivity index (χ3v) is 9.13. The predicted octanol–water partition coefficient (Wildman–Crippen LogP) is 9.28. The molecule has 2 aromatic carbocycles. The molecule has 0 saturated carbocycles. The van der Waals surface area contributed by atoms with Crippen LogP contribution in [0.2, 0.25) is 0 Å². The van der Waals surface area contributed by atoms with Crippen LogP contribution in [0.3, 0.4) is 0 Å². The Hall–Kier alpha value is -2.09. The van der Waals surface area contributed by atoms with Crippen LogP contribution >= 0.6 is 0 Å². The largest absolute Gasteiger partial charge is 0.881 e. The Balaban J connectivity index is 2.37. The van der Waals surface area contributed by atoms with Crippen LogP contribution < -0.4 is 7.58 Å². The summed E-state index contributed by atoms with van der Waals surface area (Å²) in [5, 5.41) is 0. The van der Waals surface area contributed by atoms with Crippen molar-refractivity contribution in [3.63, 3.8) is 0 Å². The lowest BCUT2D eigenvalue weighted by atomic mass is 9.78. The van der Waals surface area contributed by atoms with E-state index >= 15 is 0 Å². The van der Waals surface area contributed by atoms with Crippen LogP contribution in [0.15, 0.2) is 34.3 Å². The molecule has 0 aliphatic carbocycles. The fourth-order valence-corrected chi connectivity index (χ4v) is 5.40. The Bertz CT molecular complexity index is 1230. The highest BCUT2D eigenvalue weighted by molar-refractivity contribution is 6.21. The van der Waals surface area contributed by atoms with Gasteiger partial charge in [0, 0.05) is 23.6 Å². The molecular formula is C36H54AlN2O2. The van der Waals surface area contributed by atoms with E-state index in [1.807, 2.05) is 12.4 Å². The van der Waals surface area contributed by atoms with Crippen molar-refractivity contribution in [3.8, 4) is 11.5 Å². The van der Waals surface area contributed by atoms with Crippen molar-refractivity contribution in [2.75, 3.05) is 0 Å². The second-order valence-electron chi connectivity index (χ2n) is 16.9. The first kappa shape index (κ1) is 33.4. The van der Waals surface area contributed by atoms with Crippen molar-refractivity contribution in [2.45, 2.75) is 144 Å². The molecule has 0 unspecified atom stereocenters. The van der Waals surface area contributed by atoms with E-state index in [-0.39, 0.29) is 21.7 Å². The summed E-state index contributed by atoms with van der Waals surface area (Å²) in [6.07, 6.45) is 4.00. The number of nitrogens with zero attached hydrogens (tertiary/aromatic N) is 2. The van der Waals surface area contributed by atoms with Crippen LogP contribution in [0.1, 0.15) is 144 Å². The highest BCUT2D eigenvalue weighted by atomic mass is 27.2. The van der Waals surface area contributed by atoms with Gasteiger partial charge in [-0.15, -0.1) is 0 Å². The number of aliphatic imine (C=N–C) groups is 2. The van der Waals surface area contributed by atoms with Gasteiger partial charge in [0.05, 0.1) is 22.6 Å². The van der Waals surface area contributed by atoms with Crippen LogP contribution in [0, 0.1) is 0 Å². The molecule has 0 saturated heterocycles. The van der Waals surface area contributed by atoms with Gasteiger partial charge in [-0.05, 0) is 83.7 Å². The molecule has 0 amide bonds. The van der Waals surface area contributed by atoms with E-state index in [9.17, 15) is 0 Å². The molecule has 1 heterocycles. The average molecular weight is 574 g/mol. The zero-order valence-electron chi connectivity index (χ0n) is 28.8.